The van der Waals surface area contributed by atoms with E-state index >= 15 is 0 Å². The number of anilines is 2. The van der Waals surface area contributed by atoms with Crippen LogP contribution in [0.1, 0.15) is 12.8 Å². The highest BCUT2D eigenvalue weighted by Gasteiger charge is 2.28. The van der Waals surface area contributed by atoms with Gasteiger partial charge in [-0.15, -0.1) is 0 Å². The molecule has 37 heavy (non-hydrogen) atoms. The molecule has 0 amide bonds. The minimum atomic E-state index is -0.150. The maximum absolute atomic E-state index is 11.2. The zero-order chi connectivity index (χ0) is 26.1. The molecular formula is C28H30Cl2N5OP. The molecule has 3 heterocycles. The van der Waals surface area contributed by atoms with Gasteiger partial charge in [-0.1, -0.05) is 61.5 Å². The number of nitrogens with zero attached hydrogens (tertiary/aromatic N) is 5. The summed E-state index contributed by atoms with van der Waals surface area (Å²) in [6, 6.07) is 17.7. The lowest BCUT2D eigenvalue weighted by molar-refractivity contribution is -0.108. The van der Waals surface area contributed by atoms with Crippen molar-refractivity contribution < 1.29 is 4.79 Å². The van der Waals surface area contributed by atoms with Crippen LogP contribution in [0.25, 0.3) is 28.0 Å². The molecule has 1 aliphatic rings. The molecule has 1 unspecified atom stereocenters. The van der Waals surface area contributed by atoms with Crippen molar-refractivity contribution in [1.29, 1.82) is 0 Å². The molecule has 2 aromatic heterocycles. The predicted molar refractivity (Wildman–Crippen MR) is 157 cm³/mol. The Kier molecular flexibility index (Phi) is 7.71. The summed E-state index contributed by atoms with van der Waals surface area (Å²) in [6.07, 6.45) is 3.52. The number of aldehydes is 1. The van der Waals surface area contributed by atoms with Crippen LogP contribution >= 0.6 is 31.1 Å². The quantitative estimate of drug-likeness (QED) is 0.175. The van der Waals surface area contributed by atoms with Gasteiger partial charge in [-0.3, -0.25) is 0 Å². The average molecular weight is 554 g/mol. The van der Waals surface area contributed by atoms with Crippen molar-refractivity contribution in [2.75, 3.05) is 49.6 Å². The molecule has 0 saturated carbocycles. The van der Waals surface area contributed by atoms with Crippen LogP contribution in [0.15, 0.2) is 54.6 Å². The highest BCUT2D eigenvalue weighted by atomic mass is 35.5. The van der Waals surface area contributed by atoms with Crippen LogP contribution in [0.2, 0.25) is 10.0 Å². The summed E-state index contributed by atoms with van der Waals surface area (Å²) >= 11 is 12.9. The Hall–Kier alpha value is -2.66. The van der Waals surface area contributed by atoms with Crippen molar-refractivity contribution in [3.05, 3.63) is 64.6 Å². The summed E-state index contributed by atoms with van der Waals surface area (Å²) in [5, 5.41) is 6.44. The SMILES string of the molecule is CN(CP(C)C)c1cc(N2CCC(CC=O)C2)n2nc(-c3ccccc3Cl)c(-c3ccc(Cl)cc3)c2n1. The lowest BCUT2D eigenvalue weighted by atomic mass is 10.0. The van der Waals surface area contributed by atoms with Gasteiger partial charge in [-0.05, 0) is 49.4 Å². The fraction of sp³-hybridized carbons (Fsp3) is 0.321. The third-order valence-electron chi connectivity index (χ3n) is 6.74. The maximum Gasteiger partial charge on any atom is 0.168 e. The second kappa shape index (κ2) is 11.0. The van der Waals surface area contributed by atoms with Crippen LogP contribution < -0.4 is 9.80 Å². The monoisotopic (exact) mass is 553 g/mol. The largest absolute Gasteiger partial charge is 0.356 e. The molecule has 1 saturated heterocycles. The molecule has 0 radical (unpaired) electrons. The van der Waals surface area contributed by atoms with Crippen molar-refractivity contribution in [3.63, 3.8) is 0 Å². The molecule has 5 rings (SSSR count). The average Bonchev–Trinajstić information content (AvgIpc) is 3.49. The van der Waals surface area contributed by atoms with E-state index < -0.39 is 0 Å². The Morgan fingerprint density at radius 1 is 1.14 bits per heavy atom. The highest BCUT2D eigenvalue weighted by molar-refractivity contribution is 7.56. The predicted octanol–water partition coefficient (Wildman–Crippen LogP) is 6.92. The van der Waals surface area contributed by atoms with E-state index in [2.05, 4.69) is 36.2 Å². The summed E-state index contributed by atoms with van der Waals surface area (Å²) in [5.74, 6) is 2.22. The molecule has 0 bridgehead atoms. The number of hydrogen-bond donors (Lipinski definition) is 0. The van der Waals surface area contributed by atoms with E-state index in [1.54, 1.807) is 0 Å². The van der Waals surface area contributed by atoms with Crippen LogP contribution in [0, 0.1) is 5.92 Å². The number of carbonyl (C=O) groups is 1. The van der Waals surface area contributed by atoms with Gasteiger partial charge in [-0.25, -0.2) is 4.98 Å². The summed E-state index contributed by atoms with van der Waals surface area (Å²) in [7, 11) is 1.94. The lowest BCUT2D eigenvalue weighted by Crippen LogP contribution is -2.25. The zero-order valence-corrected chi connectivity index (χ0v) is 23.6. The Balaban J connectivity index is 1.78. The van der Waals surface area contributed by atoms with E-state index in [1.807, 2.05) is 53.0 Å². The van der Waals surface area contributed by atoms with Crippen molar-refractivity contribution in [2.45, 2.75) is 12.8 Å². The van der Waals surface area contributed by atoms with Crippen molar-refractivity contribution >= 4 is 54.7 Å². The minimum Gasteiger partial charge on any atom is -0.356 e. The molecule has 1 atom stereocenters. The lowest BCUT2D eigenvalue weighted by Gasteiger charge is -2.25. The van der Waals surface area contributed by atoms with Crippen LogP contribution in [0.3, 0.4) is 0 Å². The van der Waals surface area contributed by atoms with Crippen LogP contribution in [-0.2, 0) is 4.79 Å². The first-order valence-electron chi connectivity index (χ1n) is 12.3. The zero-order valence-electron chi connectivity index (χ0n) is 21.2. The summed E-state index contributed by atoms with van der Waals surface area (Å²) < 4.78 is 1.95. The summed E-state index contributed by atoms with van der Waals surface area (Å²) in [4.78, 5) is 20.9. The molecular weight excluding hydrogens is 524 g/mol. The smallest absolute Gasteiger partial charge is 0.168 e. The van der Waals surface area contributed by atoms with Gasteiger partial charge in [-0.2, -0.15) is 9.61 Å². The summed E-state index contributed by atoms with van der Waals surface area (Å²) in [5.41, 5.74) is 4.29. The first kappa shape index (κ1) is 26.0. The van der Waals surface area contributed by atoms with Gasteiger partial charge < -0.3 is 14.6 Å². The van der Waals surface area contributed by atoms with Crippen molar-refractivity contribution in [1.82, 2.24) is 14.6 Å². The molecule has 0 N–H and O–H groups in total. The first-order valence-corrected chi connectivity index (χ1v) is 15.5. The Labute approximate surface area is 229 Å². The molecule has 1 fully saturated rings. The molecule has 6 nitrogen and oxygen atoms in total. The Morgan fingerprint density at radius 3 is 2.59 bits per heavy atom. The third-order valence-corrected chi connectivity index (χ3v) is 8.32. The van der Waals surface area contributed by atoms with Crippen LogP contribution in [-0.4, -0.2) is 60.6 Å². The number of halogens is 2. The van der Waals surface area contributed by atoms with Gasteiger partial charge in [0.05, 0.1) is 10.6 Å². The van der Waals surface area contributed by atoms with Gasteiger partial charge >= 0.3 is 0 Å². The number of benzene rings is 2. The molecule has 192 valence electrons. The normalized spacial score (nSPS) is 15.6. The molecule has 0 aliphatic carbocycles. The molecule has 1 aliphatic heterocycles. The van der Waals surface area contributed by atoms with E-state index in [0.29, 0.717) is 22.4 Å². The fourth-order valence-corrected chi connectivity index (χ4v) is 6.35. The van der Waals surface area contributed by atoms with Crippen molar-refractivity contribution in [2.24, 2.45) is 5.92 Å². The molecule has 9 heteroatoms. The minimum absolute atomic E-state index is 0.150. The number of fused-ring (bicyclic) bond motifs is 1. The van der Waals surface area contributed by atoms with E-state index in [1.165, 1.54) is 0 Å². The van der Waals surface area contributed by atoms with E-state index in [4.69, 9.17) is 33.3 Å². The van der Waals surface area contributed by atoms with Gasteiger partial charge in [0, 0.05) is 49.5 Å². The second-order valence-corrected chi connectivity index (χ2v) is 13.1. The number of hydrogen-bond acceptors (Lipinski definition) is 5. The van der Waals surface area contributed by atoms with Crippen LogP contribution in [0.4, 0.5) is 11.6 Å². The summed E-state index contributed by atoms with van der Waals surface area (Å²) in [6.45, 7) is 6.21. The van der Waals surface area contributed by atoms with E-state index in [9.17, 15) is 4.79 Å². The fourth-order valence-electron chi connectivity index (χ4n) is 5.00. The van der Waals surface area contributed by atoms with Gasteiger partial charge in [0.2, 0.25) is 0 Å². The number of aromatic nitrogens is 3. The topological polar surface area (TPSA) is 53.7 Å². The van der Waals surface area contributed by atoms with Crippen molar-refractivity contribution in [3.8, 4) is 22.4 Å². The number of rotatable bonds is 8. The van der Waals surface area contributed by atoms with Gasteiger partial charge in [0.25, 0.3) is 0 Å². The van der Waals surface area contributed by atoms with Crippen LogP contribution in [0.5, 0.6) is 0 Å². The van der Waals surface area contributed by atoms with Gasteiger partial charge in [0.1, 0.15) is 23.6 Å². The standard InChI is InChI=1S/C28H30Cl2N5OP/c1-33(18-37(2)3)24-16-25(34-14-12-19(17-34)13-15-36)35-28(31-24)26(20-8-10-21(29)11-9-20)27(32-35)22-6-4-5-7-23(22)30/h4-11,15-16,19H,12-14,17-18H2,1-3H3. The molecule has 4 aromatic rings. The Morgan fingerprint density at radius 2 is 1.89 bits per heavy atom. The van der Waals surface area contributed by atoms with E-state index in [0.717, 1.165) is 71.7 Å². The third kappa shape index (κ3) is 5.34. The highest BCUT2D eigenvalue weighted by Crippen LogP contribution is 2.41. The number of carbonyl (C=O) groups excluding carboxylic acids is 1. The Bertz CT molecular complexity index is 1420. The van der Waals surface area contributed by atoms with E-state index in [-0.39, 0.29) is 7.92 Å². The first-order chi connectivity index (χ1) is 17.9. The maximum atomic E-state index is 11.2. The van der Waals surface area contributed by atoms with Gasteiger partial charge in [0.15, 0.2) is 5.65 Å². The second-order valence-electron chi connectivity index (χ2n) is 9.84. The molecule has 2 aromatic carbocycles. The molecule has 0 spiro atoms.